The minimum atomic E-state index is -0.119. The topological polar surface area (TPSA) is 38.8 Å². The van der Waals surface area contributed by atoms with Crippen molar-refractivity contribution in [3.05, 3.63) is 0 Å². The van der Waals surface area contributed by atoms with Gasteiger partial charge >= 0.3 is 6.09 Å². The third kappa shape index (κ3) is 1.42. The molecule has 4 fully saturated rings. The molecule has 4 nitrogen and oxygen atoms in total. The molecule has 4 heteroatoms. The van der Waals surface area contributed by atoms with E-state index in [-0.39, 0.29) is 6.09 Å². The van der Waals surface area contributed by atoms with Crippen LogP contribution in [-0.2, 0) is 9.47 Å². The maximum atomic E-state index is 11.8. The van der Waals surface area contributed by atoms with Gasteiger partial charge in [-0.05, 0) is 32.6 Å². The number of hydrogen-bond acceptors (Lipinski definition) is 3. The third-order valence-corrected chi connectivity index (χ3v) is 3.79. The van der Waals surface area contributed by atoms with Crippen LogP contribution in [0, 0.1) is 0 Å². The van der Waals surface area contributed by atoms with Crippen LogP contribution >= 0.6 is 0 Å². The van der Waals surface area contributed by atoms with E-state index < -0.39 is 0 Å². The number of rotatable bonds is 1. The molecule has 84 valence electrons. The normalized spacial score (nSPS) is 42.1. The SMILES string of the molecule is CCOC(=O)N1C2CC3CC1CC(C2)O3. The van der Waals surface area contributed by atoms with Gasteiger partial charge in [0.1, 0.15) is 0 Å². The second kappa shape index (κ2) is 3.37. The summed E-state index contributed by atoms with van der Waals surface area (Å²) in [7, 11) is 0. The van der Waals surface area contributed by atoms with Gasteiger partial charge in [-0.2, -0.15) is 0 Å². The first-order valence-electron chi connectivity index (χ1n) is 5.88. The van der Waals surface area contributed by atoms with Gasteiger partial charge in [0.05, 0.1) is 18.8 Å². The maximum absolute atomic E-state index is 11.8. The highest BCUT2D eigenvalue weighted by molar-refractivity contribution is 5.69. The van der Waals surface area contributed by atoms with Crippen molar-refractivity contribution in [3.8, 4) is 0 Å². The first-order chi connectivity index (χ1) is 7.28. The number of piperidine rings is 2. The molecule has 15 heavy (non-hydrogen) atoms. The zero-order valence-electron chi connectivity index (χ0n) is 9.02. The van der Waals surface area contributed by atoms with Crippen LogP contribution in [0.3, 0.4) is 0 Å². The minimum Gasteiger partial charge on any atom is -0.450 e. The van der Waals surface area contributed by atoms with Crippen molar-refractivity contribution >= 4 is 6.09 Å². The summed E-state index contributed by atoms with van der Waals surface area (Å²) >= 11 is 0. The largest absolute Gasteiger partial charge is 0.450 e. The van der Waals surface area contributed by atoms with E-state index in [9.17, 15) is 4.79 Å². The molecule has 0 aromatic rings. The van der Waals surface area contributed by atoms with Crippen LogP contribution in [-0.4, -0.2) is 41.9 Å². The van der Waals surface area contributed by atoms with E-state index in [0.717, 1.165) is 25.7 Å². The Morgan fingerprint density at radius 2 is 1.80 bits per heavy atom. The van der Waals surface area contributed by atoms with E-state index in [1.165, 1.54) is 0 Å². The maximum Gasteiger partial charge on any atom is 0.410 e. The average molecular weight is 211 g/mol. The molecule has 1 amide bonds. The summed E-state index contributed by atoms with van der Waals surface area (Å²) in [6, 6.07) is 0.751. The Balaban J connectivity index is 1.77. The molecule has 0 saturated carbocycles. The predicted molar refractivity (Wildman–Crippen MR) is 53.6 cm³/mol. The van der Waals surface area contributed by atoms with Crippen LogP contribution in [0.15, 0.2) is 0 Å². The van der Waals surface area contributed by atoms with Gasteiger partial charge in [0.2, 0.25) is 0 Å². The first kappa shape index (κ1) is 9.46. The van der Waals surface area contributed by atoms with Gasteiger partial charge in [0.15, 0.2) is 0 Å². The smallest absolute Gasteiger partial charge is 0.410 e. The Labute approximate surface area is 89.5 Å². The Hall–Kier alpha value is -0.770. The molecular weight excluding hydrogens is 194 g/mol. The van der Waals surface area contributed by atoms with Crippen molar-refractivity contribution in [1.29, 1.82) is 0 Å². The molecule has 0 N–H and O–H groups in total. The van der Waals surface area contributed by atoms with E-state index in [2.05, 4.69) is 0 Å². The minimum absolute atomic E-state index is 0.119. The Kier molecular flexibility index (Phi) is 2.12. The van der Waals surface area contributed by atoms with Crippen LogP contribution in [0.4, 0.5) is 4.79 Å². The molecular formula is C11H17NO3. The predicted octanol–water partition coefficient (Wildman–Crippen LogP) is 1.54. The second-order valence-corrected chi connectivity index (χ2v) is 4.74. The second-order valence-electron chi connectivity index (χ2n) is 4.74. The molecule has 4 bridgehead atoms. The summed E-state index contributed by atoms with van der Waals surface area (Å²) < 4.78 is 10.9. The molecule has 0 aromatic carbocycles. The van der Waals surface area contributed by atoms with Crippen LogP contribution in [0.2, 0.25) is 0 Å². The Morgan fingerprint density at radius 3 is 2.27 bits per heavy atom. The van der Waals surface area contributed by atoms with Gasteiger partial charge in [-0.25, -0.2) is 4.79 Å². The van der Waals surface area contributed by atoms with E-state index in [0.29, 0.717) is 30.9 Å². The summed E-state index contributed by atoms with van der Waals surface area (Å²) in [5, 5.41) is 0. The van der Waals surface area contributed by atoms with Crippen molar-refractivity contribution in [2.24, 2.45) is 0 Å². The van der Waals surface area contributed by atoms with E-state index >= 15 is 0 Å². The lowest BCUT2D eigenvalue weighted by Crippen LogP contribution is -2.63. The van der Waals surface area contributed by atoms with Crippen LogP contribution in [0.1, 0.15) is 32.6 Å². The van der Waals surface area contributed by atoms with Gasteiger partial charge in [0.25, 0.3) is 0 Å². The van der Waals surface area contributed by atoms with Gasteiger partial charge in [-0.15, -0.1) is 0 Å². The van der Waals surface area contributed by atoms with Gasteiger partial charge < -0.3 is 14.4 Å². The van der Waals surface area contributed by atoms with Crippen LogP contribution in [0.25, 0.3) is 0 Å². The lowest BCUT2D eigenvalue weighted by molar-refractivity contribution is -0.173. The molecule has 0 aromatic heterocycles. The summed E-state index contributed by atoms with van der Waals surface area (Å²) in [6.45, 7) is 2.33. The number of amides is 1. The van der Waals surface area contributed by atoms with Crippen molar-refractivity contribution in [3.63, 3.8) is 0 Å². The highest BCUT2D eigenvalue weighted by atomic mass is 16.6. The van der Waals surface area contributed by atoms with E-state index in [1.54, 1.807) is 0 Å². The summed E-state index contributed by atoms with van der Waals surface area (Å²) in [6.07, 6.45) is 4.71. The fourth-order valence-electron chi connectivity index (χ4n) is 3.34. The fourth-order valence-corrected chi connectivity index (χ4v) is 3.34. The molecule has 4 aliphatic heterocycles. The van der Waals surface area contributed by atoms with Crippen LogP contribution in [0.5, 0.6) is 0 Å². The molecule has 0 unspecified atom stereocenters. The molecule has 4 aliphatic rings. The monoisotopic (exact) mass is 211 g/mol. The highest BCUT2D eigenvalue weighted by Crippen LogP contribution is 2.42. The molecule has 0 atom stereocenters. The Bertz CT molecular complexity index is 251. The van der Waals surface area contributed by atoms with E-state index in [1.807, 2.05) is 11.8 Å². The fraction of sp³-hybridized carbons (Fsp3) is 0.909. The molecule has 4 rings (SSSR count). The first-order valence-corrected chi connectivity index (χ1v) is 5.88. The van der Waals surface area contributed by atoms with Crippen LogP contribution < -0.4 is 0 Å². The molecule has 0 radical (unpaired) electrons. The van der Waals surface area contributed by atoms with E-state index in [4.69, 9.17) is 9.47 Å². The van der Waals surface area contributed by atoms with Crippen molar-refractivity contribution in [1.82, 2.24) is 4.90 Å². The number of carbonyl (C=O) groups is 1. The van der Waals surface area contributed by atoms with Crippen molar-refractivity contribution in [2.75, 3.05) is 6.61 Å². The van der Waals surface area contributed by atoms with Gasteiger partial charge in [0, 0.05) is 12.1 Å². The summed E-state index contributed by atoms with van der Waals surface area (Å²) in [5.74, 6) is 0. The molecule has 4 saturated heterocycles. The zero-order valence-corrected chi connectivity index (χ0v) is 9.02. The van der Waals surface area contributed by atoms with Gasteiger partial charge in [-0.3, -0.25) is 0 Å². The zero-order chi connectivity index (χ0) is 10.4. The Morgan fingerprint density at radius 1 is 1.27 bits per heavy atom. The van der Waals surface area contributed by atoms with Crippen molar-refractivity contribution in [2.45, 2.75) is 56.9 Å². The highest BCUT2D eigenvalue weighted by Gasteiger charge is 2.50. The number of hydrogen-bond donors (Lipinski definition) is 0. The lowest BCUT2D eigenvalue weighted by atomic mass is 9.78. The van der Waals surface area contributed by atoms with Crippen molar-refractivity contribution < 1.29 is 14.3 Å². The summed E-state index contributed by atoms with van der Waals surface area (Å²) in [4.78, 5) is 13.8. The van der Waals surface area contributed by atoms with Gasteiger partial charge in [-0.1, -0.05) is 0 Å². The quantitative estimate of drug-likeness (QED) is 0.660. The summed E-state index contributed by atoms with van der Waals surface area (Å²) in [5.41, 5.74) is 0. The molecule has 0 aliphatic carbocycles. The lowest BCUT2D eigenvalue weighted by Gasteiger charge is -2.55. The number of nitrogens with zero attached hydrogens (tertiary/aromatic N) is 1. The standard InChI is InChI=1S/C11H17NO3/c1-2-14-11(13)12-7-3-9-5-8(12)6-10(4-7)15-9/h7-10H,2-6H2,1H3. The number of ether oxygens (including phenoxy) is 2. The third-order valence-electron chi connectivity index (χ3n) is 3.79. The average Bonchev–Trinajstić information content (AvgIpc) is 2.15. The molecule has 0 spiro atoms. The molecule has 4 heterocycles. The number of carbonyl (C=O) groups excluding carboxylic acids is 1.